The fourth-order valence-corrected chi connectivity index (χ4v) is 9.26. The van der Waals surface area contributed by atoms with Crippen LogP contribution in [0, 0.1) is 0 Å². The summed E-state index contributed by atoms with van der Waals surface area (Å²) in [6.45, 7) is 11.8. The number of nitrogens with zero attached hydrogens (tertiary/aromatic N) is 3. The van der Waals surface area contributed by atoms with Crippen LogP contribution in [0.3, 0.4) is 0 Å². The SMILES string of the molecule is CCCCOc1ccc(C(=O)N(Cc2ccc(OCc3ccccc3)cc2)C2CCN(Cc3ccccc3)CC2)cc1.c1ccc(COc2ccc(CNC3CCN(Cc4ccccc4)CC3)cc2)cc1. The number of benzene rings is 7. The number of carbonyl (C=O) groups excluding carboxylic acids is 1. The number of likely N-dealkylation sites (tertiary alicyclic amines) is 2. The fourth-order valence-electron chi connectivity index (χ4n) is 9.26. The summed E-state index contributed by atoms with van der Waals surface area (Å²) in [6, 6.07) is 66.9. The summed E-state index contributed by atoms with van der Waals surface area (Å²) < 4.78 is 17.7. The number of ether oxygens (including phenoxy) is 3. The van der Waals surface area contributed by atoms with Crippen molar-refractivity contribution in [3.05, 3.63) is 233 Å². The minimum absolute atomic E-state index is 0.0704. The van der Waals surface area contributed by atoms with Crippen molar-refractivity contribution in [3.63, 3.8) is 0 Å². The molecule has 7 aromatic carbocycles. The Morgan fingerprint density at radius 1 is 0.493 bits per heavy atom. The van der Waals surface area contributed by atoms with Gasteiger partial charge in [-0.2, -0.15) is 0 Å². The molecule has 8 heteroatoms. The lowest BCUT2D eigenvalue weighted by atomic mass is 10.00. The van der Waals surface area contributed by atoms with Crippen molar-refractivity contribution in [1.82, 2.24) is 20.0 Å². The Morgan fingerprint density at radius 2 is 0.915 bits per heavy atom. The molecule has 0 unspecified atom stereocenters. The number of nitrogens with one attached hydrogen (secondary N) is 1. The van der Waals surface area contributed by atoms with Crippen LogP contribution in [0.15, 0.2) is 194 Å². The van der Waals surface area contributed by atoms with Gasteiger partial charge in [-0.1, -0.05) is 159 Å². The van der Waals surface area contributed by atoms with Gasteiger partial charge >= 0.3 is 0 Å². The van der Waals surface area contributed by atoms with Crippen molar-refractivity contribution in [2.45, 2.75) is 96.9 Å². The fraction of sp³-hybridized carbons (Fsp3) is 0.317. The lowest BCUT2D eigenvalue weighted by Crippen LogP contribution is -2.46. The Labute approximate surface area is 423 Å². The Morgan fingerprint density at radius 3 is 1.39 bits per heavy atom. The molecule has 71 heavy (non-hydrogen) atoms. The van der Waals surface area contributed by atoms with Gasteiger partial charge in [-0.25, -0.2) is 0 Å². The highest BCUT2D eigenvalue weighted by Gasteiger charge is 2.29. The average molecular weight is 949 g/mol. The Bertz CT molecular complexity index is 2550. The molecule has 0 saturated carbocycles. The van der Waals surface area contributed by atoms with E-state index in [1.54, 1.807) is 0 Å². The molecule has 8 nitrogen and oxygen atoms in total. The van der Waals surface area contributed by atoms with Crippen molar-refractivity contribution < 1.29 is 19.0 Å². The second-order valence-corrected chi connectivity index (χ2v) is 18.9. The van der Waals surface area contributed by atoms with Gasteiger partial charge in [-0.3, -0.25) is 14.6 Å². The molecule has 2 saturated heterocycles. The Kier molecular flexibility index (Phi) is 19.7. The third-order valence-electron chi connectivity index (χ3n) is 13.5. The van der Waals surface area contributed by atoms with Gasteiger partial charge in [-0.15, -0.1) is 0 Å². The van der Waals surface area contributed by atoms with Gasteiger partial charge in [0.25, 0.3) is 5.91 Å². The van der Waals surface area contributed by atoms with Gasteiger partial charge in [-0.05, 0) is 127 Å². The molecule has 0 aromatic heterocycles. The summed E-state index contributed by atoms with van der Waals surface area (Å²) in [5.74, 6) is 2.63. The molecule has 0 aliphatic carbocycles. The molecule has 2 fully saturated rings. The molecule has 2 heterocycles. The first-order chi connectivity index (χ1) is 35.0. The van der Waals surface area contributed by atoms with Gasteiger partial charge in [0, 0.05) is 56.9 Å². The second kappa shape index (κ2) is 27.6. The van der Waals surface area contributed by atoms with Gasteiger partial charge in [0.1, 0.15) is 30.5 Å². The van der Waals surface area contributed by atoms with Crippen molar-refractivity contribution in [2.75, 3.05) is 32.8 Å². The lowest BCUT2D eigenvalue weighted by Gasteiger charge is -2.39. The van der Waals surface area contributed by atoms with Crippen molar-refractivity contribution in [1.29, 1.82) is 0 Å². The molecule has 7 aromatic rings. The molecule has 1 N–H and O–H groups in total. The van der Waals surface area contributed by atoms with E-state index in [4.69, 9.17) is 14.2 Å². The molecule has 9 rings (SSSR count). The van der Waals surface area contributed by atoms with Crippen molar-refractivity contribution in [3.8, 4) is 17.2 Å². The average Bonchev–Trinajstić information content (AvgIpc) is 3.43. The van der Waals surface area contributed by atoms with E-state index in [0.717, 1.165) is 86.8 Å². The van der Waals surface area contributed by atoms with E-state index in [9.17, 15) is 4.79 Å². The summed E-state index contributed by atoms with van der Waals surface area (Å²) >= 11 is 0. The van der Waals surface area contributed by atoms with Crippen LogP contribution < -0.4 is 19.5 Å². The summed E-state index contributed by atoms with van der Waals surface area (Å²) in [6.07, 6.45) is 6.45. The van der Waals surface area contributed by atoms with Crippen LogP contribution in [0.25, 0.3) is 0 Å². The van der Waals surface area contributed by atoms with Crippen molar-refractivity contribution >= 4 is 5.91 Å². The topological polar surface area (TPSA) is 66.5 Å². The maximum atomic E-state index is 14.0. The summed E-state index contributed by atoms with van der Waals surface area (Å²) in [4.78, 5) is 21.1. The third kappa shape index (κ3) is 16.7. The predicted octanol–water partition coefficient (Wildman–Crippen LogP) is 12.8. The number of hydrogen-bond acceptors (Lipinski definition) is 7. The monoisotopic (exact) mass is 949 g/mol. The normalized spacial score (nSPS) is 14.5. The Balaban J connectivity index is 0.000000204. The maximum Gasteiger partial charge on any atom is 0.254 e. The van der Waals surface area contributed by atoms with E-state index < -0.39 is 0 Å². The van der Waals surface area contributed by atoms with E-state index in [2.05, 4.69) is 148 Å². The summed E-state index contributed by atoms with van der Waals surface area (Å²) in [5, 5.41) is 3.73. The van der Waals surface area contributed by atoms with Crippen LogP contribution in [-0.4, -0.2) is 65.5 Å². The minimum atomic E-state index is 0.0704. The standard InChI is InChI=1S/C37H42N2O3.C26H30N2O/c1-2-3-26-41-35-20-16-33(17-21-35)37(40)39(34-22-24-38(25-23-34)27-30-10-6-4-7-11-30)28-31-14-18-36(19-15-31)42-29-32-12-8-5-9-13-32;1-3-7-23(8-4-1)20-28-17-15-25(16-18-28)27-19-22-11-13-26(14-12-22)29-21-24-9-5-2-6-10-24/h4-21,34H,2-3,22-29H2,1H3;1-14,25,27H,15-21H2. The first-order valence-corrected chi connectivity index (χ1v) is 25.8. The summed E-state index contributed by atoms with van der Waals surface area (Å²) in [5.41, 5.74) is 8.18. The molecule has 368 valence electrons. The first-order valence-electron chi connectivity index (χ1n) is 25.8. The highest BCUT2D eigenvalue weighted by molar-refractivity contribution is 5.94. The van der Waals surface area contributed by atoms with E-state index in [-0.39, 0.29) is 11.9 Å². The van der Waals surface area contributed by atoms with E-state index in [0.29, 0.717) is 38.0 Å². The smallest absolute Gasteiger partial charge is 0.254 e. The molecule has 2 aliphatic rings. The van der Waals surface area contributed by atoms with Crippen LogP contribution in [0.5, 0.6) is 17.2 Å². The van der Waals surface area contributed by atoms with Crippen LogP contribution in [-0.2, 0) is 39.4 Å². The van der Waals surface area contributed by atoms with E-state index in [1.807, 2.05) is 72.8 Å². The number of rotatable bonds is 21. The van der Waals surface area contributed by atoms with E-state index >= 15 is 0 Å². The minimum Gasteiger partial charge on any atom is -0.494 e. The predicted molar refractivity (Wildman–Crippen MR) is 287 cm³/mol. The molecular formula is C63H72N4O4. The zero-order valence-corrected chi connectivity index (χ0v) is 41.6. The van der Waals surface area contributed by atoms with Crippen LogP contribution in [0.4, 0.5) is 0 Å². The Hall–Kier alpha value is -6.71. The maximum absolute atomic E-state index is 14.0. The summed E-state index contributed by atoms with van der Waals surface area (Å²) in [7, 11) is 0. The molecule has 0 atom stereocenters. The number of hydrogen-bond donors (Lipinski definition) is 1. The van der Waals surface area contributed by atoms with E-state index in [1.165, 1.54) is 48.2 Å². The molecule has 1 amide bonds. The highest BCUT2D eigenvalue weighted by Crippen LogP contribution is 2.26. The number of amides is 1. The quantitative estimate of drug-likeness (QED) is 0.0720. The molecule has 0 spiro atoms. The van der Waals surface area contributed by atoms with Gasteiger partial charge in [0.15, 0.2) is 0 Å². The van der Waals surface area contributed by atoms with Crippen LogP contribution in [0.2, 0.25) is 0 Å². The van der Waals surface area contributed by atoms with Gasteiger partial charge in [0.05, 0.1) is 6.61 Å². The lowest BCUT2D eigenvalue weighted by molar-refractivity contribution is 0.0542. The molecule has 0 radical (unpaired) electrons. The van der Waals surface area contributed by atoms with Crippen LogP contribution >= 0.6 is 0 Å². The highest BCUT2D eigenvalue weighted by atomic mass is 16.5. The molecular weight excluding hydrogens is 877 g/mol. The van der Waals surface area contributed by atoms with Gasteiger partial charge < -0.3 is 24.4 Å². The third-order valence-corrected chi connectivity index (χ3v) is 13.5. The molecule has 0 bridgehead atoms. The number of unbranched alkanes of at least 4 members (excludes halogenated alkanes) is 1. The number of carbonyl (C=O) groups is 1. The van der Waals surface area contributed by atoms with Gasteiger partial charge in [0.2, 0.25) is 0 Å². The number of piperidine rings is 2. The van der Waals surface area contributed by atoms with Crippen molar-refractivity contribution in [2.24, 2.45) is 0 Å². The second-order valence-electron chi connectivity index (χ2n) is 18.9. The zero-order valence-electron chi connectivity index (χ0n) is 41.6. The first kappa shape index (κ1) is 50.7. The largest absolute Gasteiger partial charge is 0.494 e. The molecule has 2 aliphatic heterocycles. The zero-order chi connectivity index (χ0) is 48.7. The van der Waals surface area contributed by atoms with Crippen LogP contribution in [0.1, 0.15) is 89.2 Å².